The first-order chi connectivity index (χ1) is 13.9. The van der Waals surface area contributed by atoms with E-state index in [0.717, 1.165) is 19.0 Å². The van der Waals surface area contributed by atoms with E-state index in [-0.39, 0.29) is 22.8 Å². The minimum Gasteiger partial charge on any atom is -0.350 e. The summed E-state index contributed by atoms with van der Waals surface area (Å²) in [5.41, 5.74) is 0.352. The molecular weight excluding hydrogens is 379 g/mol. The maximum absolute atomic E-state index is 14.5. The third-order valence-corrected chi connectivity index (χ3v) is 5.82. The van der Waals surface area contributed by atoms with Crippen molar-refractivity contribution in [1.29, 1.82) is 0 Å². The first-order valence-electron chi connectivity index (χ1n) is 9.98. The van der Waals surface area contributed by atoms with Gasteiger partial charge in [-0.25, -0.2) is 13.2 Å². The van der Waals surface area contributed by atoms with E-state index in [9.17, 15) is 18.0 Å². The van der Waals surface area contributed by atoms with Crippen LogP contribution in [0.25, 0.3) is 0 Å². The standard InChI is InChI=1S/C22H24F3N3O/c1-13-5-8-19(17(24)10-13)27-21-15(6-7-16(23)20(21)25)22(29)28-11-14(12-28)18-4-2-3-9-26-18/h5-8,10,14,18,26-27H,2-4,9,11-12H2,1H3. The largest absolute Gasteiger partial charge is 0.350 e. The van der Waals surface area contributed by atoms with Crippen molar-refractivity contribution in [1.82, 2.24) is 10.2 Å². The van der Waals surface area contributed by atoms with Crippen LogP contribution >= 0.6 is 0 Å². The molecular formula is C22H24F3N3O. The maximum atomic E-state index is 14.5. The van der Waals surface area contributed by atoms with Crippen LogP contribution in [0.4, 0.5) is 24.5 Å². The molecule has 2 aromatic carbocycles. The lowest BCUT2D eigenvalue weighted by Gasteiger charge is -2.45. The van der Waals surface area contributed by atoms with Crippen LogP contribution in [0.5, 0.6) is 0 Å². The van der Waals surface area contributed by atoms with Gasteiger partial charge in [-0.05, 0) is 56.1 Å². The van der Waals surface area contributed by atoms with E-state index in [4.69, 9.17) is 0 Å². The number of nitrogens with one attached hydrogen (secondary N) is 2. The van der Waals surface area contributed by atoms with Gasteiger partial charge in [-0.1, -0.05) is 12.5 Å². The molecule has 2 saturated heterocycles. The summed E-state index contributed by atoms with van der Waals surface area (Å²) in [7, 11) is 0. The summed E-state index contributed by atoms with van der Waals surface area (Å²) < 4.78 is 42.6. The van der Waals surface area contributed by atoms with Crippen molar-refractivity contribution in [3.63, 3.8) is 0 Å². The Labute approximate surface area is 168 Å². The topological polar surface area (TPSA) is 44.4 Å². The molecule has 0 bridgehead atoms. The number of halogens is 3. The molecule has 2 fully saturated rings. The molecule has 0 spiro atoms. The van der Waals surface area contributed by atoms with Gasteiger partial charge in [0.05, 0.1) is 16.9 Å². The van der Waals surface area contributed by atoms with Crippen LogP contribution in [0.1, 0.15) is 35.2 Å². The van der Waals surface area contributed by atoms with Crippen LogP contribution in [0, 0.1) is 30.3 Å². The van der Waals surface area contributed by atoms with Crippen LogP contribution in [-0.2, 0) is 0 Å². The van der Waals surface area contributed by atoms with Gasteiger partial charge in [0.25, 0.3) is 5.91 Å². The van der Waals surface area contributed by atoms with Crippen LogP contribution in [0.3, 0.4) is 0 Å². The SMILES string of the molecule is Cc1ccc(Nc2c(C(=O)N3CC(C4CCCCN4)C3)ccc(F)c2F)c(F)c1. The van der Waals surface area contributed by atoms with Gasteiger partial charge in [0.2, 0.25) is 0 Å². The summed E-state index contributed by atoms with van der Waals surface area (Å²) in [6, 6.07) is 6.97. The quantitative estimate of drug-likeness (QED) is 0.797. The first-order valence-corrected chi connectivity index (χ1v) is 9.98. The summed E-state index contributed by atoms with van der Waals surface area (Å²) in [6.45, 7) is 3.88. The van der Waals surface area contributed by atoms with Gasteiger partial charge in [-0.15, -0.1) is 0 Å². The van der Waals surface area contributed by atoms with Crippen molar-refractivity contribution in [3.05, 3.63) is 58.9 Å². The van der Waals surface area contributed by atoms with E-state index in [2.05, 4.69) is 10.6 Å². The third-order valence-electron chi connectivity index (χ3n) is 5.82. The van der Waals surface area contributed by atoms with E-state index in [1.54, 1.807) is 17.9 Å². The van der Waals surface area contributed by atoms with Gasteiger partial charge in [-0.2, -0.15) is 0 Å². The Morgan fingerprint density at radius 3 is 2.59 bits per heavy atom. The molecule has 2 aliphatic rings. The molecule has 154 valence electrons. The number of hydrogen-bond acceptors (Lipinski definition) is 3. The lowest BCUT2D eigenvalue weighted by Crippen LogP contribution is -2.58. The highest BCUT2D eigenvalue weighted by Gasteiger charge is 2.37. The molecule has 4 nitrogen and oxygen atoms in total. The minimum atomic E-state index is -1.19. The number of hydrogen-bond donors (Lipinski definition) is 2. The van der Waals surface area contributed by atoms with E-state index in [1.807, 2.05) is 0 Å². The predicted octanol–water partition coefficient (Wildman–Crippen LogP) is 4.37. The number of carbonyl (C=O) groups excluding carboxylic acids is 1. The number of piperidine rings is 1. The molecule has 29 heavy (non-hydrogen) atoms. The summed E-state index contributed by atoms with van der Waals surface area (Å²) in [5.74, 6) is -2.90. The van der Waals surface area contributed by atoms with Gasteiger partial charge in [0.1, 0.15) is 5.82 Å². The summed E-state index contributed by atoms with van der Waals surface area (Å²) in [6.07, 6.45) is 3.45. The number of anilines is 2. The molecule has 2 aromatic rings. The number of benzene rings is 2. The molecule has 0 aliphatic carbocycles. The van der Waals surface area contributed by atoms with Crippen LogP contribution in [-0.4, -0.2) is 36.5 Å². The maximum Gasteiger partial charge on any atom is 0.256 e. The molecule has 2 heterocycles. The summed E-state index contributed by atoms with van der Waals surface area (Å²) in [5, 5.41) is 6.08. The second-order valence-electron chi connectivity index (χ2n) is 7.92. The van der Waals surface area contributed by atoms with Crippen molar-refractivity contribution in [2.75, 3.05) is 25.0 Å². The van der Waals surface area contributed by atoms with Crippen molar-refractivity contribution >= 4 is 17.3 Å². The number of amides is 1. The average molecular weight is 403 g/mol. The molecule has 2 N–H and O–H groups in total. The third kappa shape index (κ3) is 3.96. The Morgan fingerprint density at radius 1 is 1.10 bits per heavy atom. The van der Waals surface area contributed by atoms with Gasteiger partial charge < -0.3 is 15.5 Å². The average Bonchev–Trinajstić information content (AvgIpc) is 2.67. The lowest BCUT2D eigenvalue weighted by molar-refractivity contribution is 0.0393. The summed E-state index contributed by atoms with van der Waals surface area (Å²) >= 11 is 0. The fourth-order valence-corrected chi connectivity index (χ4v) is 4.09. The first kappa shape index (κ1) is 19.8. The molecule has 1 amide bonds. The monoisotopic (exact) mass is 403 g/mol. The molecule has 0 radical (unpaired) electrons. The highest BCUT2D eigenvalue weighted by molar-refractivity contribution is 6.01. The molecule has 0 saturated carbocycles. The van der Waals surface area contributed by atoms with Crippen LogP contribution in [0.15, 0.2) is 30.3 Å². The predicted molar refractivity (Wildman–Crippen MR) is 106 cm³/mol. The zero-order chi connectivity index (χ0) is 20.5. The van der Waals surface area contributed by atoms with E-state index in [1.165, 1.54) is 31.0 Å². The molecule has 1 unspecified atom stereocenters. The van der Waals surface area contributed by atoms with Gasteiger partial charge in [0.15, 0.2) is 11.6 Å². The van der Waals surface area contributed by atoms with Crippen molar-refractivity contribution < 1.29 is 18.0 Å². The zero-order valence-electron chi connectivity index (χ0n) is 16.3. The fraction of sp³-hybridized carbons (Fsp3) is 0.409. The van der Waals surface area contributed by atoms with Crippen molar-refractivity contribution in [2.45, 2.75) is 32.2 Å². The highest BCUT2D eigenvalue weighted by Crippen LogP contribution is 2.32. The van der Waals surface area contributed by atoms with E-state index < -0.39 is 17.5 Å². The lowest BCUT2D eigenvalue weighted by atomic mass is 9.86. The van der Waals surface area contributed by atoms with E-state index in [0.29, 0.717) is 30.6 Å². The Hall–Kier alpha value is -2.54. The summed E-state index contributed by atoms with van der Waals surface area (Å²) in [4.78, 5) is 14.6. The number of likely N-dealkylation sites (tertiary alicyclic amines) is 1. The fourth-order valence-electron chi connectivity index (χ4n) is 4.09. The van der Waals surface area contributed by atoms with Gasteiger partial charge in [0, 0.05) is 25.0 Å². The molecule has 2 aliphatic heterocycles. The van der Waals surface area contributed by atoms with Gasteiger partial charge >= 0.3 is 0 Å². The Bertz CT molecular complexity index is 922. The number of rotatable bonds is 4. The Balaban J connectivity index is 1.54. The second-order valence-corrected chi connectivity index (χ2v) is 7.92. The molecule has 1 atom stereocenters. The number of carbonyl (C=O) groups is 1. The Kier molecular flexibility index (Phi) is 5.50. The Morgan fingerprint density at radius 2 is 1.90 bits per heavy atom. The highest BCUT2D eigenvalue weighted by atomic mass is 19.2. The minimum absolute atomic E-state index is 0.000992. The normalized spacial score (nSPS) is 19.7. The second kappa shape index (κ2) is 8.06. The number of nitrogens with zero attached hydrogens (tertiary/aromatic N) is 1. The van der Waals surface area contributed by atoms with Crippen molar-refractivity contribution in [3.8, 4) is 0 Å². The molecule has 4 rings (SSSR count). The molecule has 0 aromatic heterocycles. The molecule has 7 heteroatoms. The number of aryl methyl sites for hydroxylation is 1. The van der Waals surface area contributed by atoms with E-state index >= 15 is 0 Å². The van der Waals surface area contributed by atoms with Crippen LogP contribution < -0.4 is 10.6 Å². The van der Waals surface area contributed by atoms with Crippen molar-refractivity contribution in [2.24, 2.45) is 5.92 Å². The van der Waals surface area contributed by atoms with Crippen LogP contribution in [0.2, 0.25) is 0 Å². The van der Waals surface area contributed by atoms with Gasteiger partial charge in [-0.3, -0.25) is 4.79 Å². The zero-order valence-corrected chi connectivity index (χ0v) is 16.3. The smallest absolute Gasteiger partial charge is 0.256 e.